The molecule has 0 aliphatic carbocycles. The fourth-order valence-electron chi connectivity index (χ4n) is 2.21. The first-order valence-corrected chi connectivity index (χ1v) is 6.84. The van der Waals surface area contributed by atoms with Crippen LogP contribution in [0.2, 0.25) is 0 Å². The Bertz CT molecular complexity index is 629. The maximum atomic E-state index is 12.0. The summed E-state index contributed by atoms with van der Waals surface area (Å²) in [5.41, 5.74) is 5.26. The van der Waals surface area contributed by atoms with E-state index in [0.29, 0.717) is 13.0 Å². The van der Waals surface area contributed by atoms with Crippen molar-refractivity contribution in [2.75, 3.05) is 5.32 Å². The summed E-state index contributed by atoms with van der Waals surface area (Å²) < 4.78 is 1.87. The van der Waals surface area contributed by atoms with Crippen LogP contribution in [0.1, 0.15) is 28.9 Å². The summed E-state index contributed by atoms with van der Waals surface area (Å²) in [6.07, 6.45) is 0.426. The van der Waals surface area contributed by atoms with Crippen LogP contribution < -0.4 is 5.32 Å². The molecule has 0 aliphatic heterocycles. The number of rotatable bonds is 4. The number of amides is 1. The third kappa shape index (κ3) is 3.26. The van der Waals surface area contributed by atoms with Gasteiger partial charge in [-0.15, -0.1) is 0 Å². The molecule has 1 N–H and O–H groups in total. The van der Waals surface area contributed by atoms with Gasteiger partial charge in [-0.25, -0.2) is 0 Å². The molecule has 0 atom stereocenters. The van der Waals surface area contributed by atoms with Crippen molar-refractivity contribution in [2.24, 2.45) is 0 Å². The summed E-state index contributed by atoms with van der Waals surface area (Å²) in [5.74, 6) is 0.0197. The Morgan fingerprint density at radius 1 is 1.25 bits per heavy atom. The summed E-state index contributed by atoms with van der Waals surface area (Å²) in [6, 6.07) is 7.95. The van der Waals surface area contributed by atoms with Crippen molar-refractivity contribution >= 4 is 11.6 Å². The van der Waals surface area contributed by atoms with Gasteiger partial charge in [0.1, 0.15) is 0 Å². The number of nitrogens with zero attached hydrogens (tertiary/aromatic N) is 2. The van der Waals surface area contributed by atoms with E-state index in [2.05, 4.69) is 10.4 Å². The smallest absolute Gasteiger partial charge is 0.226 e. The Kier molecular flexibility index (Phi) is 4.23. The molecular formula is C16H21N3O. The van der Waals surface area contributed by atoms with E-state index < -0.39 is 0 Å². The molecule has 2 aromatic rings. The van der Waals surface area contributed by atoms with E-state index in [1.165, 1.54) is 5.56 Å². The maximum Gasteiger partial charge on any atom is 0.226 e. The van der Waals surface area contributed by atoms with Gasteiger partial charge in [-0.1, -0.05) is 12.1 Å². The highest BCUT2D eigenvalue weighted by molar-refractivity contribution is 5.91. The van der Waals surface area contributed by atoms with Gasteiger partial charge in [-0.3, -0.25) is 9.48 Å². The first-order valence-electron chi connectivity index (χ1n) is 6.84. The average Bonchev–Trinajstić information content (AvgIpc) is 2.71. The van der Waals surface area contributed by atoms with Crippen LogP contribution in [0.15, 0.2) is 24.3 Å². The summed E-state index contributed by atoms with van der Waals surface area (Å²) in [5, 5.41) is 7.33. The Morgan fingerprint density at radius 2 is 2.00 bits per heavy atom. The van der Waals surface area contributed by atoms with E-state index in [1.807, 2.05) is 56.6 Å². The van der Waals surface area contributed by atoms with Gasteiger partial charge in [0.25, 0.3) is 0 Å². The van der Waals surface area contributed by atoms with Crippen LogP contribution in [-0.2, 0) is 11.3 Å². The number of carbonyl (C=O) groups excluding carboxylic acids is 1. The van der Waals surface area contributed by atoms with E-state index in [0.717, 1.165) is 22.6 Å². The third-order valence-corrected chi connectivity index (χ3v) is 3.53. The lowest BCUT2D eigenvalue weighted by molar-refractivity contribution is -0.116. The zero-order chi connectivity index (χ0) is 14.7. The van der Waals surface area contributed by atoms with Gasteiger partial charge in [-0.2, -0.15) is 5.10 Å². The summed E-state index contributed by atoms with van der Waals surface area (Å²) >= 11 is 0. The molecule has 4 heteroatoms. The Hall–Kier alpha value is -2.10. The normalized spacial score (nSPS) is 10.6. The highest BCUT2D eigenvalue weighted by Gasteiger charge is 2.07. The fourth-order valence-corrected chi connectivity index (χ4v) is 2.21. The highest BCUT2D eigenvalue weighted by Crippen LogP contribution is 2.18. The average molecular weight is 271 g/mol. The molecule has 0 unspecified atom stereocenters. The van der Waals surface area contributed by atoms with Gasteiger partial charge < -0.3 is 5.32 Å². The third-order valence-electron chi connectivity index (χ3n) is 3.53. The van der Waals surface area contributed by atoms with Gasteiger partial charge >= 0.3 is 0 Å². The van der Waals surface area contributed by atoms with E-state index >= 15 is 0 Å². The second-order valence-corrected chi connectivity index (χ2v) is 5.20. The predicted molar refractivity (Wildman–Crippen MR) is 80.9 cm³/mol. The molecule has 0 spiro atoms. The van der Waals surface area contributed by atoms with Crippen LogP contribution in [0.4, 0.5) is 5.69 Å². The van der Waals surface area contributed by atoms with E-state index in [-0.39, 0.29) is 5.91 Å². The summed E-state index contributed by atoms with van der Waals surface area (Å²) in [7, 11) is 0. The fraction of sp³-hybridized carbons (Fsp3) is 0.375. The lowest BCUT2D eigenvalue weighted by Crippen LogP contribution is -2.16. The number of carbonyl (C=O) groups is 1. The number of hydrogen-bond acceptors (Lipinski definition) is 2. The van der Waals surface area contributed by atoms with E-state index in [4.69, 9.17) is 0 Å². The summed E-state index contributed by atoms with van der Waals surface area (Å²) in [4.78, 5) is 12.0. The van der Waals surface area contributed by atoms with Crippen molar-refractivity contribution in [1.82, 2.24) is 9.78 Å². The number of nitrogens with one attached hydrogen (secondary N) is 1. The molecule has 0 fully saturated rings. The predicted octanol–water partition coefficient (Wildman–Crippen LogP) is 3.15. The Labute approximate surface area is 119 Å². The molecule has 20 heavy (non-hydrogen) atoms. The minimum atomic E-state index is 0.0197. The number of hydrogen-bond donors (Lipinski definition) is 1. The van der Waals surface area contributed by atoms with Crippen LogP contribution in [-0.4, -0.2) is 15.7 Å². The molecule has 1 aromatic carbocycles. The van der Waals surface area contributed by atoms with Crippen molar-refractivity contribution in [2.45, 2.75) is 40.7 Å². The van der Waals surface area contributed by atoms with Gasteiger partial charge in [0.2, 0.25) is 5.91 Å². The first-order chi connectivity index (χ1) is 9.47. The van der Waals surface area contributed by atoms with Crippen LogP contribution in [0.5, 0.6) is 0 Å². The molecule has 1 aromatic heterocycles. The summed E-state index contributed by atoms with van der Waals surface area (Å²) in [6.45, 7) is 8.63. The van der Waals surface area contributed by atoms with Crippen molar-refractivity contribution in [3.05, 3.63) is 46.8 Å². The van der Waals surface area contributed by atoms with Crippen molar-refractivity contribution < 1.29 is 4.79 Å². The Balaban J connectivity index is 1.96. The lowest BCUT2D eigenvalue weighted by atomic mass is 10.1. The molecule has 2 rings (SSSR count). The molecule has 4 nitrogen and oxygen atoms in total. The monoisotopic (exact) mass is 271 g/mol. The zero-order valence-corrected chi connectivity index (χ0v) is 12.5. The molecular weight excluding hydrogens is 250 g/mol. The van der Waals surface area contributed by atoms with Crippen LogP contribution >= 0.6 is 0 Å². The minimum Gasteiger partial charge on any atom is -0.326 e. The Morgan fingerprint density at radius 3 is 2.65 bits per heavy atom. The molecule has 0 saturated heterocycles. The maximum absolute atomic E-state index is 12.0. The van der Waals surface area contributed by atoms with Crippen LogP contribution in [0, 0.1) is 27.7 Å². The van der Waals surface area contributed by atoms with Crippen molar-refractivity contribution in [3.8, 4) is 0 Å². The molecule has 0 saturated carbocycles. The van der Waals surface area contributed by atoms with E-state index in [9.17, 15) is 4.79 Å². The van der Waals surface area contributed by atoms with Gasteiger partial charge in [0.15, 0.2) is 0 Å². The lowest BCUT2D eigenvalue weighted by Gasteiger charge is -2.10. The molecule has 0 aliphatic rings. The number of benzene rings is 1. The van der Waals surface area contributed by atoms with Gasteiger partial charge in [0, 0.05) is 24.3 Å². The molecule has 106 valence electrons. The molecule has 1 heterocycles. The quantitative estimate of drug-likeness (QED) is 0.928. The topological polar surface area (TPSA) is 46.9 Å². The molecule has 0 bridgehead atoms. The van der Waals surface area contributed by atoms with Crippen LogP contribution in [0.25, 0.3) is 0 Å². The first kappa shape index (κ1) is 14.3. The number of aryl methyl sites for hydroxylation is 4. The SMILES string of the molecule is Cc1cc(C)n(CCC(=O)Nc2cccc(C)c2C)n1. The minimum absolute atomic E-state index is 0.0197. The number of anilines is 1. The van der Waals surface area contributed by atoms with Crippen LogP contribution in [0.3, 0.4) is 0 Å². The second kappa shape index (κ2) is 5.90. The zero-order valence-electron chi connectivity index (χ0n) is 12.5. The van der Waals surface area contributed by atoms with Crippen molar-refractivity contribution in [3.63, 3.8) is 0 Å². The van der Waals surface area contributed by atoms with Gasteiger partial charge in [-0.05, 0) is 51.0 Å². The standard InChI is InChI=1S/C16H21N3O/c1-11-6-5-7-15(14(11)4)17-16(20)8-9-19-13(3)10-12(2)18-19/h5-7,10H,8-9H2,1-4H3,(H,17,20). The van der Waals surface area contributed by atoms with E-state index in [1.54, 1.807) is 0 Å². The largest absolute Gasteiger partial charge is 0.326 e. The van der Waals surface area contributed by atoms with Crippen molar-refractivity contribution in [1.29, 1.82) is 0 Å². The second-order valence-electron chi connectivity index (χ2n) is 5.20. The van der Waals surface area contributed by atoms with Gasteiger partial charge in [0.05, 0.1) is 5.69 Å². The number of aromatic nitrogens is 2. The highest BCUT2D eigenvalue weighted by atomic mass is 16.1. The molecule has 1 amide bonds. The molecule has 0 radical (unpaired) electrons.